The van der Waals surface area contributed by atoms with Crippen LogP contribution in [-0.4, -0.2) is 45.5 Å². The minimum atomic E-state index is -3.74. The first-order chi connectivity index (χ1) is 12.2. The van der Waals surface area contributed by atoms with Crippen LogP contribution in [-0.2, 0) is 26.9 Å². The van der Waals surface area contributed by atoms with Crippen LogP contribution in [0.5, 0.6) is 0 Å². The zero-order valence-electron chi connectivity index (χ0n) is 14.2. The van der Waals surface area contributed by atoms with Crippen LogP contribution >= 0.6 is 23.4 Å². The van der Waals surface area contributed by atoms with Crippen molar-refractivity contribution in [2.45, 2.75) is 35.3 Å². The Labute approximate surface area is 160 Å². The number of halogens is 1. The lowest BCUT2D eigenvalue weighted by molar-refractivity contribution is -0.131. The molecule has 0 aliphatic heterocycles. The summed E-state index contributed by atoms with van der Waals surface area (Å²) in [6.45, 7) is 1.42. The summed E-state index contributed by atoms with van der Waals surface area (Å²) in [7, 11) is -3.74. The van der Waals surface area contributed by atoms with Gasteiger partial charge in [-0.25, -0.2) is 13.9 Å². The average Bonchev–Trinajstić information content (AvgIpc) is 3.04. The summed E-state index contributed by atoms with van der Waals surface area (Å²) in [4.78, 5) is 12.8. The van der Waals surface area contributed by atoms with Crippen LogP contribution in [0.3, 0.4) is 0 Å². The van der Waals surface area contributed by atoms with Crippen LogP contribution in [0.25, 0.3) is 0 Å². The Bertz CT molecular complexity index is 887. The molecule has 0 saturated carbocycles. The highest BCUT2D eigenvalue weighted by molar-refractivity contribution is 7.98. The molecule has 1 heterocycles. The molecule has 0 spiro atoms. The van der Waals surface area contributed by atoms with Crippen LogP contribution in [0.4, 0.5) is 0 Å². The number of rotatable bonds is 8. The van der Waals surface area contributed by atoms with Crippen molar-refractivity contribution >= 4 is 39.1 Å². The summed E-state index contributed by atoms with van der Waals surface area (Å²) in [5.74, 6) is -0.405. The van der Waals surface area contributed by atoms with Gasteiger partial charge in [0.2, 0.25) is 0 Å². The van der Waals surface area contributed by atoms with Crippen molar-refractivity contribution in [1.82, 2.24) is 20.5 Å². The molecule has 0 aliphatic carbocycles. The van der Waals surface area contributed by atoms with Crippen molar-refractivity contribution in [2.75, 3.05) is 6.26 Å². The molecule has 0 aliphatic rings. The van der Waals surface area contributed by atoms with Crippen molar-refractivity contribution in [1.29, 1.82) is 0 Å². The highest BCUT2D eigenvalue weighted by Gasteiger charge is 2.43. The van der Waals surface area contributed by atoms with Gasteiger partial charge in [0.1, 0.15) is 0 Å². The molecule has 0 fully saturated rings. The zero-order valence-corrected chi connectivity index (χ0v) is 16.6. The lowest BCUT2D eigenvalue weighted by Gasteiger charge is -2.24. The largest absolute Gasteiger partial charge is 0.289 e. The fourth-order valence-corrected chi connectivity index (χ4v) is 4.07. The van der Waals surface area contributed by atoms with Gasteiger partial charge in [-0.1, -0.05) is 22.9 Å². The molecule has 0 radical (unpaired) electrons. The highest BCUT2D eigenvalue weighted by Crippen LogP contribution is 2.25. The third kappa shape index (κ3) is 4.97. The fraction of sp³-hybridized carbons (Fsp3) is 0.400. The zero-order chi connectivity index (χ0) is 19.4. The number of amides is 1. The molecule has 1 aromatic heterocycles. The normalized spacial score (nSPS) is 14.0. The van der Waals surface area contributed by atoms with E-state index in [0.717, 1.165) is 11.2 Å². The molecule has 8 nitrogen and oxygen atoms in total. The predicted octanol–water partition coefficient (Wildman–Crippen LogP) is 1.92. The molecule has 142 valence electrons. The first-order valence-corrected chi connectivity index (χ1v) is 10.8. The van der Waals surface area contributed by atoms with Crippen LogP contribution < -0.4 is 5.48 Å². The number of nitrogens with one attached hydrogen (secondary N) is 1. The SMILES string of the molecule is CC(CCn1cc(CSc2cccc(Cl)c2)nn1)(C(=O)NO)S(C)(=O)=O. The van der Waals surface area contributed by atoms with Crippen molar-refractivity contribution in [2.24, 2.45) is 0 Å². The molecular formula is C15H19ClN4O4S2. The lowest BCUT2D eigenvalue weighted by atomic mass is 10.1. The van der Waals surface area contributed by atoms with Gasteiger partial charge in [-0.15, -0.1) is 16.9 Å². The molecule has 1 atom stereocenters. The summed E-state index contributed by atoms with van der Waals surface area (Å²) in [6, 6.07) is 7.44. The van der Waals surface area contributed by atoms with Gasteiger partial charge in [0.15, 0.2) is 14.6 Å². The van der Waals surface area contributed by atoms with E-state index in [1.807, 2.05) is 18.2 Å². The van der Waals surface area contributed by atoms with Crippen LogP contribution in [0, 0.1) is 0 Å². The molecular weight excluding hydrogens is 400 g/mol. The van der Waals surface area contributed by atoms with Crippen molar-refractivity contribution in [3.63, 3.8) is 0 Å². The molecule has 2 rings (SSSR count). The monoisotopic (exact) mass is 418 g/mol. The number of benzene rings is 1. The maximum absolute atomic E-state index is 11.9. The Balaban J connectivity index is 2.00. The van der Waals surface area contributed by atoms with Crippen LogP contribution in [0.1, 0.15) is 19.0 Å². The molecule has 0 bridgehead atoms. The molecule has 0 saturated heterocycles. The number of sulfone groups is 1. The predicted molar refractivity (Wildman–Crippen MR) is 98.8 cm³/mol. The van der Waals surface area contributed by atoms with Crippen LogP contribution in [0.2, 0.25) is 5.02 Å². The van der Waals surface area contributed by atoms with Gasteiger partial charge in [-0.2, -0.15) is 0 Å². The number of hydroxylamine groups is 1. The molecule has 2 aromatic rings. The van der Waals surface area contributed by atoms with Gasteiger partial charge in [0.05, 0.1) is 5.69 Å². The van der Waals surface area contributed by atoms with Gasteiger partial charge in [-0.3, -0.25) is 14.7 Å². The number of thioether (sulfide) groups is 1. The molecule has 2 N–H and O–H groups in total. The lowest BCUT2D eigenvalue weighted by Crippen LogP contribution is -2.49. The second kappa shape index (κ2) is 8.38. The number of nitrogens with zero attached hydrogens (tertiary/aromatic N) is 3. The Morgan fingerprint density at radius 2 is 2.19 bits per heavy atom. The summed E-state index contributed by atoms with van der Waals surface area (Å²) in [5, 5.41) is 17.5. The minimum Gasteiger partial charge on any atom is -0.289 e. The number of hydrogen-bond donors (Lipinski definition) is 2. The molecule has 1 amide bonds. The average molecular weight is 419 g/mol. The van der Waals surface area contributed by atoms with E-state index in [0.29, 0.717) is 16.5 Å². The van der Waals surface area contributed by atoms with Gasteiger partial charge < -0.3 is 0 Å². The minimum absolute atomic E-state index is 0.0531. The Kier molecular flexibility index (Phi) is 6.67. The van der Waals surface area contributed by atoms with E-state index in [9.17, 15) is 13.2 Å². The quantitative estimate of drug-likeness (QED) is 0.382. The van der Waals surface area contributed by atoms with E-state index in [1.165, 1.54) is 17.1 Å². The van der Waals surface area contributed by atoms with Gasteiger partial charge in [-0.05, 0) is 31.5 Å². The number of carbonyl (C=O) groups excluding carboxylic acids is 1. The topological polar surface area (TPSA) is 114 Å². The van der Waals surface area contributed by atoms with Crippen molar-refractivity contribution < 1.29 is 18.4 Å². The van der Waals surface area contributed by atoms with Gasteiger partial charge in [0.25, 0.3) is 5.91 Å². The molecule has 1 aromatic carbocycles. The third-order valence-electron chi connectivity index (χ3n) is 3.99. The van der Waals surface area contributed by atoms with E-state index >= 15 is 0 Å². The van der Waals surface area contributed by atoms with Crippen molar-refractivity contribution in [3.8, 4) is 0 Å². The molecule has 11 heteroatoms. The van der Waals surface area contributed by atoms with Gasteiger partial charge in [0, 0.05) is 34.7 Å². The summed E-state index contributed by atoms with van der Waals surface area (Å²) in [6.07, 6.45) is 2.59. The third-order valence-corrected chi connectivity index (χ3v) is 7.28. The standard InChI is InChI=1S/C15H19ClN4O4S2/c1-15(14(21)18-22,26(2,23)24)6-7-20-9-12(17-19-20)10-25-13-5-3-4-11(16)8-13/h3-5,8-9,22H,6-7,10H2,1-2H3,(H,18,21). The van der Waals surface area contributed by atoms with Gasteiger partial charge >= 0.3 is 0 Å². The van der Waals surface area contributed by atoms with Crippen molar-refractivity contribution in [3.05, 3.63) is 41.2 Å². The Morgan fingerprint density at radius 3 is 2.81 bits per heavy atom. The van der Waals surface area contributed by atoms with E-state index in [-0.39, 0.29) is 13.0 Å². The smallest absolute Gasteiger partial charge is 0.264 e. The first kappa shape index (κ1) is 20.7. The number of carbonyl (C=O) groups is 1. The molecule has 1 unspecified atom stereocenters. The summed E-state index contributed by atoms with van der Waals surface area (Å²) in [5.41, 5.74) is 2.13. The molecule has 26 heavy (non-hydrogen) atoms. The second-order valence-corrected chi connectivity index (χ2v) is 9.84. The van der Waals surface area contributed by atoms with E-state index in [1.54, 1.807) is 24.0 Å². The van der Waals surface area contributed by atoms with E-state index < -0.39 is 20.5 Å². The first-order valence-electron chi connectivity index (χ1n) is 7.57. The number of aromatic nitrogens is 3. The second-order valence-electron chi connectivity index (χ2n) is 5.91. The Morgan fingerprint density at radius 1 is 1.46 bits per heavy atom. The van der Waals surface area contributed by atoms with E-state index in [4.69, 9.17) is 16.8 Å². The number of hydrogen-bond acceptors (Lipinski definition) is 7. The fourth-order valence-electron chi connectivity index (χ4n) is 2.14. The summed E-state index contributed by atoms with van der Waals surface area (Å²) >= 11 is 7.49. The highest BCUT2D eigenvalue weighted by atomic mass is 35.5. The van der Waals surface area contributed by atoms with Crippen LogP contribution in [0.15, 0.2) is 35.4 Å². The maximum Gasteiger partial charge on any atom is 0.264 e. The summed E-state index contributed by atoms with van der Waals surface area (Å²) < 4.78 is 23.6. The van der Waals surface area contributed by atoms with E-state index in [2.05, 4.69) is 10.3 Å². The number of aryl methyl sites for hydroxylation is 1. The maximum atomic E-state index is 11.9. The Hall–Kier alpha value is -1.62.